The maximum atomic E-state index is 10.7. The smallest absolute Gasteiger partial charge is 0.161 e. The van der Waals surface area contributed by atoms with Crippen molar-refractivity contribution in [3.8, 4) is 17.2 Å². The van der Waals surface area contributed by atoms with Gasteiger partial charge in [0.05, 0.1) is 12.7 Å². The highest BCUT2D eigenvalue weighted by Crippen LogP contribution is 2.27. The molecule has 0 aromatic heterocycles. The Kier molecular flexibility index (Phi) is 4.05. The summed E-state index contributed by atoms with van der Waals surface area (Å²) in [7, 11) is 1.49. The van der Waals surface area contributed by atoms with E-state index in [0.29, 0.717) is 12.0 Å². The minimum atomic E-state index is -0.0385. The van der Waals surface area contributed by atoms with Crippen LogP contribution in [0.3, 0.4) is 0 Å². The fourth-order valence-electron chi connectivity index (χ4n) is 1.76. The molecule has 2 N–H and O–H groups in total. The molecule has 0 fully saturated rings. The molecule has 0 aliphatic rings. The number of rotatable bonds is 4. The predicted molar refractivity (Wildman–Crippen MR) is 77.1 cm³/mol. The monoisotopic (exact) mass is 270 g/mol. The Morgan fingerprint density at radius 2 is 1.55 bits per heavy atom. The summed E-state index contributed by atoms with van der Waals surface area (Å²) in [5.41, 5.74) is 1.88. The van der Waals surface area contributed by atoms with E-state index in [2.05, 4.69) is 0 Å². The molecule has 0 saturated carbocycles. The number of aldehydes is 1. The Balaban J connectivity index is 2.27. The number of benzene rings is 2. The number of aromatic hydroxyl groups is 2. The van der Waals surface area contributed by atoms with Crippen molar-refractivity contribution < 1.29 is 19.7 Å². The van der Waals surface area contributed by atoms with E-state index >= 15 is 0 Å². The van der Waals surface area contributed by atoms with Crippen molar-refractivity contribution in [1.29, 1.82) is 0 Å². The highest BCUT2D eigenvalue weighted by Gasteiger charge is 2.01. The zero-order chi connectivity index (χ0) is 14.5. The number of methoxy groups -OCH3 is 1. The lowest BCUT2D eigenvalue weighted by molar-refractivity contribution is 0.112. The minimum absolute atomic E-state index is 0.0385. The van der Waals surface area contributed by atoms with Gasteiger partial charge in [-0.15, -0.1) is 0 Å². The summed E-state index contributed by atoms with van der Waals surface area (Å²) in [6, 6.07) is 9.77. The molecule has 4 nitrogen and oxygen atoms in total. The molecular formula is C16H14O4. The third-order valence-corrected chi connectivity index (χ3v) is 2.85. The quantitative estimate of drug-likeness (QED) is 0.661. The number of hydrogen-bond donors (Lipinski definition) is 2. The number of carbonyl (C=O) groups is 1. The summed E-state index contributed by atoms with van der Waals surface area (Å²) in [4.78, 5) is 10.7. The van der Waals surface area contributed by atoms with E-state index in [-0.39, 0.29) is 17.1 Å². The van der Waals surface area contributed by atoms with E-state index < -0.39 is 0 Å². The zero-order valence-electron chi connectivity index (χ0n) is 10.9. The average Bonchev–Trinajstić information content (AvgIpc) is 2.47. The van der Waals surface area contributed by atoms with Crippen LogP contribution in [0, 0.1) is 0 Å². The normalized spacial score (nSPS) is 10.7. The van der Waals surface area contributed by atoms with Gasteiger partial charge in [0.15, 0.2) is 17.8 Å². The van der Waals surface area contributed by atoms with Crippen LogP contribution < -0.4 is 4.74 Å². The molecule has 0 aliphatic carbocycles. The van der Waals surface area contributed by atoms with Crippen LogP contribution in [0.2, 0.25) is 0 Å². The molecule has 0 atom stereocenters. The van der Waals surface area contributed by atoms with Gasteiger partial charge in [0.1, 0.15) is 5.75 Å². The van der Waals surface area contributed by atoms with E-state index in [4.69, 9.17) is 4.74 Å². The number of hydrogen-bond acceptors (Lipinski definition) is 4. The minimum Gasteiger partial charge on any atom is -0.507 e. The lowest BCUT2D eigenvalue weighted by atomic mass is 10.1. The standard InChI is InChI=1S/C16H14O4/c1-20-16-9-12(5-7-15(16)19)3-2-11-4-6-14(18)13(8-11)10-17/h2-10,18-19H,1H3/b3-2+. The number of phenolic OH excluding ortho intramolecular Hbond substituents is 2. The second-order valence-corrected chi connectivity index (χ2v) is 4.20. The van der Waals surface area contributed by atoms with Gasteiger partial charge in [0.2, 0.25) is 0 Å². The summed E-state index contributed by atoms with van der Waals surface area (Å²) in [6.07, 6.45) is 4.23. The molecule has 0 spiro atoms. The van der Waals surface area contributed by atoms with Crippen molar-refractivity contribution in [2.45, 2.75) is 0 Å². The molecule has 2 rings (SSSR count). The zero-order valence-corrected chi connectivity index (χ0v) is 10.9. The molecule has 0 amide bonds. The average molecular weight is 270 g/mol. The van der Waals surface area contributed by atoms with Crippen molar-refractivity contribution in [1.82, 2.24) is 0 Å². The second-order valence-electron chi connectivity index (χ2n) is 4.20. The van der Waals surface area contributed by atoms with E-state index in [0.717, 1.165) is 11.1 Å². The van der Waals surface area contributed by atoms with Gasteiger partial charge in [0.25, 0.3) is 0 Å². The van der Waals surface area contributed by atoms with Crippen molar-refractivity contribution in [2.24, 2.45) is 0 Å². The molecule has 0 bridgehead atoms. The maximum Gasteiger partial charge on any atom is 0.161 e. The third-order valence-electron chi connectivity index (χ3n) is 2.85. The number of phenols is 2. The molecule has 2 aromatic carbocycles. The Bertz CT molecular complexity index is 660. The van der Waals surface area contributed by atoms with Crippen molar-refractivity contribution in [2.75, 3.05) is 7.11 Å². The third kappa shape index (κ3) is 2.98. The fourth-order valence-corrected chi connectivity index (χ4v) is 1.76. The van der Waals surface area contributed by atoms with E-state index in [1.807, 2.05) is 6.08 Å². The first-order chi connectivity index (χ1) is 9.63. The lowest BCUT2D eigenvalue weighted by Gasteiger charge is -2.04. The van der Waals surface area contributed by atoms with Crippen LogP contribution in [0.5, 0.6) is 17.2 Å². The van der Waals surface area contributed by atoms with Crippen LogP contribution in [0.1, 0.15) is 21.5 Å². The first-order valence-corrected chi connectivity index (χ1v) is 5.97. The Morgan fingerprint density at radius 3 is 2.15 bits per heavy atom. The van der Waals surface area contributed by atoms with Crippen LogP contribution in [-0.4, -0.2) is 23.6 Å². The number of ether oxygens (including phenoxy) is 1. The maximum absolute atomic E-state index is 10.7. The summed E-state index contributed by atoms with van der Waals surface area (Å²) < 4.78 is 5.03. The summed E-state index contributed by atoms with van der Waals surface area (Å²) in [5.74, 6) is 0.437. The molecule has 0 heterocycles. The molecule has 0 unspecified atom stereocenters. The Morgan fingerprint density at radius 1 is 0.950 bits per heavy atom. The highest BCUT2D eigenvalue weighted by atomic mass is 16.5. The molecular weight excluding hydrogens is 256 g/mol. The van der Waals surface area contributed by atoms with Crippen LogP contribution in [-0.2, 0) is 0 Å². The van der Waals surface area contributed by atoms with Gasteiger partial charge < -0.3 is 14.9 Å². The fraction of sp³-hybridized carbons (Fsp3) is 0.0625. The van der Waals surface area contributed by atoms with E-state index in [1.54, 1.807) is 36.4 Å². The van der Waals surface area contributed by atoms with E-state index in [1.165, 1.54) is 13.2 Å². The number of carbonyl (C=O) groups excluding carboxylic acids is 1. The molecule has 102 valence electrons. The summed E-state index contributed by atoms with van der Waals surface area (Å²) in [5, 5.41) is 18.9. The van der Waals surface area contributed by atoms with Gasteiger partial charge in [-0.3, -0.25) is 4.79 Å². The second kappa shape index (κ2) is 5.93. The van der Waals surface area contributed by atoms with Gasteiger partial charge in [0, 0.05) is 0 Å². The molecule has 2 aromatic rings. The van der Waals surface area contributed by atoms with Crippen molar-refractivity contribution >= 4 is 18.4 Å². The predicted octanol–water partition coefficient (Wildman–Crippen LogP) is 3.09. The molecule has 20 heavy (non-hydrogen) atoms. The van der Waals surface area contributed by atoms with Crippen molar-refractivity contribution in [3.63, 3.8) is 0 Å². The SMILES string of the molecule is COc1cc(/C=C/c2ccc(O)c(C=O)c2)ccc1O. The van der Waals surface area contributed by atoms with E-state index in [9.17, 15) is 15.0 Å². The van der Waals surface area contributed by atoms with Gasteiger partial charge in [-0.2, -0.15) is 0 Å². The van der Waals surface area contributed by atoms with Crippen LogP contribution in [0.25, 0.3) is 12.2 Å². The van der Waals surface area contributed by atoms with Gasteiger partial charge in [-0.1, -0.05) is 24.3 Å². The largest absolute Gasteiger partial charge is 0.507 e. The summed E-state index contributed by atoms with van der Waals surface area (Å²) >= 11 is 0. The molecule has 0 aliphatic heterocycles. The van der Waals surface area contributed by atoms with Crippen molar-refractivity contribution in [3.05, 3.63) is 53.1 Å². The summed E-state index contributed by atoms with van der Waals surface area (Å²) in [6.45, 7) is 0. The molecule has 0 saturated heterocycles. The van der Waals surface area contributed by atoms with Gasteiger partial charge in [-0.25, -0.2) is 0 Å². The van der Waals surface area contributed by atoms with Crippen LogP contribution in [0.15, 0.2) is 36.4 Å². The topological polar surface area (TPSA) is 66.8 Å². The molecule has 4 heteroatoms. The first kappa shape index (κ1) is 13.7. The Hall–Kier alpha value is -2.75. The van der Waals surface area contributed by atoms with Crippen LogP contribution in [0.4, 0.5) is 0 Å². The highest BCUT2D eigenvalue weighted by molar-refractivity contribution is 5.82. The first-order valence-electron chi connectivity index (χ1n) is 5.97. The lowest BCUT2D eigenvalue weighted by Crippen LogP contribution is -1.84. The van der Waals surface area contributed by atoms with Crippen LogP contribution >= 0.6 is 0 Å². The van der Waals surface area contributed by atoms with Gasteiger partial charge in [-0.05, 0) is 35.4 Å². The molecule has 0 radical (unpaired) electrons. The van der Waals surface area contributed by atoms with Gasteiger partial charge >= 0.3 is 0 Å². The Labute approximate surface area is 116 Å².